The molecule has 1 aromatic rings. The normalized spacial score (nSPS) is 10.7. The maximum Gasteiger partial charge on any atom is 0.170 e. The molecule has 0 aliphatic heterocycles. The van der Waals surface area contributed by atoms with E-state index in [0.29, 0.717) is 19.0 Å². The van der Waals surface area contributed by atoms with Crippen molar-refractivity contribution in [3.63, 3.8) is 0 Å². The van der Waals surface area contributed by atoms with Crippen molar-refractivity contribution in [2.24, 2.45) is 5.92 Å². The third kappa shape index (κ3) is 6.99. The topological polar surface area (TPSA) is 41.1 Å². The molecule has 128 valence electrons. The van der Waals surface area contributed by atoms with Crippen LogP contribution in [0.5, 0.6) is 0 Å². The molecule has 0 bridgehead atoms. The first-order chi connectivity index (χ1) is 10.8. The van der Waals surface area contributed by atoms with E-state index in [1.54, 1.807) is 0 Å². The maximum atomic E-state index is 13.4. The van der Waals surface area contributed by atoms with Crippen molar-refractivity contribution >= 4 is 28.8 Å². The quantitative estimate of drug-likeness (QED) is 0.421. The van der Waals surface area contributed by atoms with E-state index in [9.17, 15) is 18.0 Å². The first-order valence-corrected chi connectivity index (χ1v) is 7.94. The summed E-state index contributed by atoms with van der Waals surface area (Å²) in [6.45, 7) is 4.31. The zero-order valence-corrected chi connectivity index (χ0v) is 14.0. The van der Waals surface area contributed by atoms with Crippen LogP contribution in [-0.2, 0) is 4.79 Å². The summed E-state index contributed by atoms with van der Waals surface area (Å²) >= 11 is 4.97. The summed E-state index contributed by atoms with van der Waals surface area (Å²) in [6, 6.07) is 1.18. The highest BCUT2D eigenvalue weighted by Gasteiger charge is 2.10. The minimum atomic E-state index is -1.25. The van der Waals surface area contributed by atoms with Gasteiger partial charge in [0.15, 0.2) is 16.7 Å². The summed E-state index contributed by atoms with van der Waals surface area (Å²) in [5.41, 5.74) is -0.219. The second-order valence-corrected chi connectivity index (χ2v) is 5.97. The molecule has 0 saturated carbocycles. The van der Waals surface area contributed by atoms with Gasteiger partial charge < -0.3 is 10.6 Å². The molecule has 1 aromatic carbocycles. The molecule has 0 saturated heterocycles. The first kappa shape index (κ1) is 19.4. The Kier molecular flexibility index (Phi) is 8.02. The average Bonchev–Trinajstić information content (AvgIpc) is 2.47. The van der Waals surface area contributed by atoms with Gasteiger partial charge in [0.2, 0.25) is 0 Å². The number of carbonyl (C=O) groups is 1. The summed E-state index contributed by atoms with van der Waals surface area (Å²) in [6.07, 6.45) is 3.05. The Bertz CT molecular complexity index is 565. The van der Waals surface area contributed by atoms with Crippen LogP contribution in [-0.4, -0.2) is 17.4 Å². The molecule has 1 rings (SSSR count). The number of halogens is 3. The third-order valence-electron chi connectivity index (χ3n) is 3.29. The number of hydrogen-bond donors (Lipinski definition) is 2. The molecule has 2 N–H and O–H groups in total. The van der Waals surface area contributed by atoms with Crippen molar-refractivity contribution in [3.05, 3.63) is 29.6 Å². The number of hydrogen-bond acceptors (Lipinski definition) is 2. The molecule has 0 heterocycles. The standard InChI is InChI=1S/C16H21F3N2OS/c1-10(2)15(22)6-4-3-5-7-20-16(23)21-14-9-12(18)11(17)8-13(14)19/h8-10H,3-7H2,1-2H3,(H2,20,21,23). The van der Waals surface area contributed by atoms with E-state index < -0.39 is 17.5 Å². The molecular formula is C16H21F3N2OS. The van der Waals surface area contributed by atoms with Gasteiger partial charge in [-0.15, -0.1) is 0 Å². The molecule has 23 heavy (non-hydrogen) atoms. The monoisotopic (exact) mass is 346 g/mol. The Morgan fingerprint density at radius 2 is 1.74 bits per heavy atom. The van der Waals surface area contributed by atoms with E-state index in [1.165, 1.54) is 0 Å². The predicted molar refractivity (Wildman–Crippen MR) is 88.9 cm³/mol. The molecule has 0 fully saturated rings. The number of ketones is 1. The van der Waals surface area contributed by atoms with Gasteiger partial charge >= 0.3 is 0 Å². The molecule has 0 amide bonds. The Morgan fingerprint density at radius 1 is 1.09 bits per heavy atom. The van der Waals surface area contributed by atoms with Crippen molar-refractivity contribution < 1.29 is 18.0 Å². The van der Waals surface area contributed by atoms with Gasteiger partial charge in [-0.25, -0.2) is 13.2 Å². The molecule has 0 spiro atoms. The van der Waals surface area contributed by atoms with Gasteiger partial charge in [0.1, 0.15) is 11.6 Å². The van der Waals surface area contributed by atoms with Crippen molar-refractivity contribution in [1.82, 2.24) is 5.32 Å². The van der Waals surface area contributed by atoms with Crippen molar-refractivity contribution in [2.45, 2.75) is 39.5 Å². The summed E-state index contributed by atoms with van der Waals surface area (Å²) in [5, 5.41) is 5.48. The van der Waals surface area contributed by atoms with E-state index in [0.717, 1.165) is 25.3 Å². The van der Waals surface area contributed by atoms with Crippen molar-refractivity contribution in [3.8, 4) is 0 Å². The van der Waals surface area contributed by atoms with Crippen LogP contribution in [0.3, 0.4) is 0 Å². The van der Waals surface area contributed by atoms with Crippen LogP contribution in [0.25, 0.3) is 0 Å². The molecule has 0 radical (unpaired) electrons. The molecule has 0 aliphatic carbocycles. The number of carbonyl (C=O) groups excluding carboxylic acids is 1. The van der Waals surface area contributed by atoms with Crippen LogP contribution in [0.1, 0.15) is 39.5 Å². The molecule has 7 heteroatoms. The lowest BCUT2D eigenvalue weighted by atomic mass is 10.0. The fourth-order valence-electron chi connectivity index (χ4n) is 1.88. The van der Waals surface area contributed by atoms with Gasteiger partial charge in [-0.2, -0.15) is 0 Å². The van der Waals surface area contributed by atoms with E-state index >= 15 is 0 Å². The molecule has 0 atom stereocenters. The highest BCUT2D eigenvalue weighted by atomic mass is 32.1. The number of Topliss-reactive ketones (excluding diaryl/α,β-unsaturated/α-hetero) is 1. The SMILES string of the molecule is CC(C)C(=O)CCCCCNC(=S)Nc1cc(F)c(F)cc1F. The molecule has 3 nitrogen and oxygen atoms in total. The number of anilines is 1. The van der Waals surface area contributed by atoms with Gasteiger partial charge in [-0.05, 0) is 25.1 Å². The highest BCUT2D eigenvalue weighted by molar-refractivity contribution is 7.80. The fourth-order valence-corrected chi connectivity index (χ4v) is 2.09. The van der Waals surface area contributed by atoms with Crippen LogP contribution in [0.4, 0.5) is 18.9 Å². The highest BCUT2D eigenvalue weighted by Crippen LogP contribution is 2.18. The maximum absolute atomic E-state index is 13.4. The average molecular weight is 346 g/mol. The van der Waals surface area contributed by atoms with Crippen molar-refractivity contribution in [2.75, 3.05) is 11.9 Å². The molecule has 0 unspecified atom stereocenters. The van der Waals surface area contributed by atoms with E-state index in [2.05, 4.69) is 10.6 Å². The summed E-state index contributed by atoms with van der Waals surface area (Å²) in [5.74, 6) is -2.99. The lowest BCUT2D eigenvalue weighted by Gasteiger charge is -2.11. The second kappa shape index (κ2) is 9.50. The Labute approximate surface area is 139 Å². The fraction of sp³-hybridized carbons (Fsp3) is 0.500. The first-order valence-electron chi connectivity index (χ1n) is 7.53. The van der Waals surface area contributed by atoms with E-state index in [-0.39, 0.29) is 22.5 Å². The van der Waals surface area contributed by atoms with Gasteiger partial charge in [-0.3, -0.25) is 4.79 Å². The van der Waals surface area contributed by atoms with Crippen LogP contribution < -0.4 is 10.6 Å². The van der Waals surface area contributed by atoms with Crippen LogP contribution in [0, 0.1) is 23.4 Å². The minimum absolute atomic E-state index is 0.0657. The second-order valence-electron chi connectivity index (χ2n) is 5.56. The zero-order chi connectivity index (χ0) is 17.4. The van der Waals surface area contributed by atoms with Crippen molar-refractivity contribution in [1.29, 1.82) is 0 Å². The lowest BCUT2D eigenvalue weighted by molar-refractivity contribution is -0.122. The van der Waals surface area contributed by atoms with Gasteiger partial charge in [-0.1, -0.05) is 20.3 Å². The number of rotatable bonds is 8. The third-order valence-corrected chi connectivity index (χ3v) is 3.53. The number of benzene rings is 1. The predicted octanol–water partition coefficient (Wildman–Crippen LogP) is 4.18. The van der Waals surface area contributed by atoms with Gasteiger partial charge in [0, 0.05) is 31.0 Å². The summed E-state index contributed by atoms with van der Waals surface area (Å²) < 4.78 is 39.3. The van der Waals surface area contributed by atoms with Crippen LogP contribution in [0.15, 0.2) is 12.1 Å². The number of nitrogens with one attached hydrogen (secondary N) is 2. The summed E-state index contributed by atoms with van der Waals surface area (Å²) in [7, 11) is 0. The lowest BCUT2D eigenvalue weighted by Crippen LogP contribution is -2.29. The van der Waals surface area contributed by atoms with Crippen LogP contribution in [0.2, 0.25) is 0 Å². The Morgan fingerprint density at radius 3 is 2.39 bits per heavy atom. The Hall–Kier alpha value is -1.63. The van der Waals surface area contributed by atoms with Crippen LogP contribution >= 0.6 is 12.2 Å². The number of thiocarbonyl (C=S) groups is 1. The summed E-state index contributed by atoms with van der Waals surface area (Å²) in [4.78, 5) is 11.4. The van der Waals surface area contributed by atoms with Gasteiger partial charge in [0.25, 0.3) is 0 Å². The minimum Gasteiger partial charge on any atom is -0.362 e. The smallest absolute Gasteiger partial charge is 0.170 e. The number of unbranched alkanes of at least 4 members (excludes halogenated alkanes) is 2. The largest absolute Gasteiger partial charge is 0.362 e. The zero-order valence-electron chi connectivity index (χ0n) is 13.2. The van der Waals surface area contributed by atoms with E-state index in [4.69, 9.17) is 12.2 Å². The van der Waals surface area contributed by atoms with Gasteiger partial charge in [0.05, 0.1) is 5.69 Å². The van der Waals surface area contributed by atoms with E-state index in [1.807, 2.05) is 13.8 Å². The molecular weight excluding hydrogens is 325 g/mol. The molecule has 0 aliphatic rings. The molecule has 0 aromatic heterocycles. The Balaban J connectivity index is 2.25.